The second-order valence-corrected chi connectivity index (χ2v) is 9.37. The first-order valence-corrected chi connectivity index (χ1v) is 11.3. The van der Waals surface area contributed by atoms with E-state index in [9.17, 15) is 22.8 Å². The van der Waals surface area contributed by atoms with Gasteiger partial charge in [-0.1, -0.05) is 17.7 Å². The van der Waals surface area contributed by atoms with Crippen LogP contribution in [0.25, 0.3) is 11.2 Å². The van der Waals surface area contributed by atoms with Gasteiger partial charge in [-0.25, -0.2) is 14.8 Å². The number of fused-ring (bicyclic) bond motifs is 3. The van der Waals surface area contributed by atoms with Crippen molar-refractivity contribution in [1.29, 1.82) is 0 Å². The number of ether oxygens (including phenoxy) is 1. The molecule has 2 bridgehead atoms. The smallest absolute Gasteiger partial charge is 0.447 e. The number of rotatable bonds is 5. The first-order chi connectivity index (χ1) is 16.1. The Balaban J connectivity index is 1.48. The predicted molar refractivity (Wildman–Crippen MR) is 116 cm³/mol. The summed E-state index contributed by atoms with van der Waals surface area (Å²) in [4.78, 5) is 36.1. The molecule has 13 heteroatoms. The number of carbonyl (C=O) groups excluding carboxylic acids is 2. The molecule has 0 radical (unpaired) electrons. The van der Waals surface area contributed by atoms with Gasteiger partial charge in [0.2, 0.25) is 5.91 Å². The van der Waals surface area contributed by atoms with Crippen LogP contribution in [0.2, 0.25) is 5.02 Å². The summed E-state index contributed by atoms with van der Waals surface area (Å²) in [7, 11) is 0. The van der Waals surface area contributed by atoms with Crippen LogP contribution in [0.5, 0.6) is 0 Å². The molecule has 0 aromatic carbocycles. The number of esters is 1. The van der Waals surface area contributed by atoms with Crippen molar-refractivity contribution in [2.75, 3.05) is 18.4 Å². The fourth-order valence-corrected chi connectivity index (χ4v) is 5.53. The highest BCUT2D eigenvalue weighted by molar-refractivity contribution is 6.34. The number of halogens is 4. The lowest BCUT2D eigenvalue weighted by molar-refractivity contribution is -0.212. The van der Waals surface area contributed by atoms with E-state index in [1.165, 1.54) is 12.3 Å². The second kappa shape index (κ2) is 8.12. The molecule has 1 saturated heterocycles. The maximum absolute atomic E-state index is 12.9. The molecule has 3 heterocycles. The number of alkyl halides is 3. The zero-order valence-electron chi connectivity index (χ0n) is 17.8. The van der Waals surface area contributed by atoms with Gasteiger partial charge in [0, 0.05) is 30.8 Å². The third kappa shape index (κ3) is 3.78. The number of H-pyrrole nitrogens is 1. The minimum absolute atomic E-state index is 0.00604. The van der Waals surface area contributed by atoms with Gasteiger partial charge < -0.3 is 26.1 Å². The Morgan fingerprint density at radius 2 is 2.15 bits per heavy atom. The molecule has 0 spiro atoms. The monoisotopic (exact) mass is 498 g/mol. The highest BCUT2D eigenvalue weighted by Gasteiger charge is 2.62. The van der Waals surface area contributed by atoms with Gasteiger partial charge in [-0.3, -0.25) is 4.79 Å². The lowest BCUT2D eigenvalue weighted by Gasteiger charge is -2.34. The Morgan fingerprint density at radius 3 is 2.82 bits per heavy atom. The van der Waals surface area contributed by atoms with Gasteiger partial charge in [0.25, 0.3) is 0 Å². The Kier molecular flexibility index (Phi) is 5.47. The van der Waals surface area contributed by atoms with Crippen molar-refractivity contribution in [3.05, 3.63) is 29.2 Å². The third-order valence-electron chi connectivity index (χ3n) is 6.83. The van der Waals surface area contributed by atoms with Gasteiger partial charge in [-0.05, 0) is 25.5 Å². The van der Waals surface area contributed by atoms with E-state index in [4.69, 9.17) is 22.1 Å². The van der Waals surface area contributed by atoms with Crippen molar-refractivity contribution in [3.63, 3.8) is 0 Å². The van der Waals surface area contributed by atoms with E-state index in [0.29, 0.717) is 16.9 Å². The Labute approximate surface area is 196 Å². The molecule has 9 nitrogen and oxygen atoms in total. The number of amides is 1. The van der Waals surface area contributed by atoms with E-state index in [1.807, 2.05) is 0 Å². The largest absolute Gasteiger partial charge is 0.490 e. The lowest BCUT2D eigenvalue weighted by Crippen LogP contribution is -2.51. The molecule has 182 valence electrons. The highest BCUT2D eigenvalue weighted by Crippen LogP contribution is 2.51. The molecule has 5 N–H and O–H groups in total. The summed E-state index contributed by atoms with van der Waals surface area (Å²) < 4.78 is 43.6. The summed E-state index contributed by atoms with van der Waals surface area (Å²) in [6.45, 7) is 1.71. The van der Waals surface area contributed by atoms with Crippen LogP contribution in [0.1, 0.15) is 31.0 Å². The maximum Gasteiger partial charge on any atom is 0.490 e. The summed E-state index contributed by atoms with van der Waals surface area (Å²) in [5.41, 5.74) is 5.15. The molecule has 2 fully saturated rings. The number of anilines is 1. The molecule has 1 aliphatic heterocycles. The number of hydrogen-bond donors (Lipinski definition) is 4. The van der Waals surface area contributed by atoms with Crippen LogP contribution in [-0.4, -0.2) is 57.7 Å². The van der Waals surface area contributed by atoms with E-state index in [2.05, 4.69) is 25.6 Å². The molecular weight excluding hydrogens is 477 g/mol. The summed E-state index contributed by atoms with van der Waals surface area (Å²) >= 11 is 6.43. The number of aromatic nitrogens is 3. The SMILES string of the molecule is NC(=O)[C@@H]1[C@H](Nc2c(Cl)cnc3nc(C4CCCNC4)[nH]c23)[C@H]2C=C[C@@]1(OC(=O)C(F)(F)F)C2. The molecule has 5 atom stereocenters. The summed E-state index contributed by atoms with van der Waals surface area (Å²) in [5, 5.41) is 6.75. The van der Waals surface area contributed by atoms with E-state index in [-0.39, 0.29) is 17.4 Å². The normalized spacial score (nSPS) is 30.6. The van der Waals surface area contributed by atoms with Gasteiger partial charge in [-0.15, -0.1) is 0 Å². The number of nitrogens with zero attached hydrogens (tertiary/aromatic N) is 2. The van der Waals surface area contributed by atoms with Crippen molar-refractivity contribution < 1.29 is 27.5 Å². The number of hydrogen-bond acceptors (Lipinski definition) is 7. The first-order valence-electron chi connectivity index (χ1n) is 10.9. The topological polar surface area (TPSA) is 135 Å². The standard InChI is InChI=1S/C21H22ClF3N6O3/c22-11-8-28-18-15(30-17(31-18)10-2-1-5-27-7-10)14(11)29-13-9-3-4-20(6-9,12(13)16(26)32)34-19(33)21(23,24)25/h3-4,8-10,12-13,27H,1-2,5-7H2,(H2,26,32)(H2,28,29,30,31)/t9-,10?,12-,13+,20+/m0/s1. The molecule has 2 aliphatic carbocycles. The van der Waals surface area contributed by atoms with Crippen molar-refractivity contribution in [2.45, 2.75) is 43.0 Å². The van der Waals surface area contributed by atoms with Crippen molar-refractivity contribution >= 4 is 40.3 Å². The van der Waals surface area contributed by atoms with Crippen LogP contribution in [0.3, 0.4) is 0 Å². The zero-order chi connectivity index (χ0) is 24.3. The average Bonchev–Trinajstić information content (AvgIpc) is 3.47. The molecule has 3 aliphatic rings. The Morgan fingerprint density at radius 1 is 1.35 bits per heavy atom. The molecule has 1 saturated carbocycles. The van der Waals surface area contributed by atoms with Crippen LogP contribution >= 0.6 is 11.6 Å². The highest BCUT2D eigenvalue weighted by atomic mass is 35.5. The number of aromatic amines is 1. The Hall–Kier alpha value is -2.86. The molecule has 2 aromatic heterocycles. The zero-order valence-corrected chi connectivity index (χ0v) is 18.5. The van der Waals surface area contributed by atoms with Crippen molar-refractivity contribution in [1.82, 2.24) is 20.3 Å². The second-order valence-electron chi connectivity index (χ2n) is 8.96. The van der Waals surface area contributed by atoms with Gasteiger partial charge in [0.1, 0.15) is 22.9 Å². The average molecular weight is 499 g/mol. The number of carbonyl (C=O) groups is 2. The number of imidazole rings is 1. The van der Waals surface area contributed by atoms with Crippen LogP contribution in [0, 0.1) is 11.8 Å². The van der Waals surface area contributed by atoms with E-state index >= 15 is 0 Å². The molecule has 2 aromatic rings. The predicted octanol–water partition coefficient (Wildman–Crippen LogP) is 2.39. The Bertz CT molecular complexity index is 1180. The first kappa shape index (κ1) is 22.9. The summed E-state index contributed by atoms with van der Waals surface area (Å²) in [6, 6.07) is -0.755. The van der Waals surface area contributed by atoms with Crippen LogP contribution < -0.4 is 16.4 Å². The molecule has 34 heavy (non-hydrogen) atoms. The van der Waals surface area contributed by atoms with Gasteiger partial charge in [0.15, 0.2) is 5.65 Å². The fraction of sp³-hybridized carbons (Fsp3) is 0.524. The number of nitrogens with two attached hydrogens (primary N) is 1. The molecular formula is C21H22ClF3N6O3. The van der Waals surface area contributed by atoms with Gasteiger partial charge >= 0.3 is 12.1 Å². The van der Waals surface area contributed by atoms with Crippen LogP contribution in [0.4, 0.5) is 18.9 Å². The van der Waals surface area contributed by atoms with Crippen molar-refractivity contribution in [2.24, 2.45) is 17.6 Å². The van der Waals surface area contributed by atoms with Gasteiger partial charge in [0.05, 0.1) is 16.9 Å². The third-order valence-corrected chi connectivity index (χ3v) is 7.12. The lowest BCUT2D eigenvalue weighted by atomic mass is 9.84. The van der Waals surface area contributed by atoms with Gasteiger partial charge in [-0.2, -0.15) is 13.2 Å². The van der Waals surface area contributed by atoms with Crippen LogP contribution in [-0.2, 0) is 14.3 Å². The summed E-state index contributed by atoms with van der Waals surface area (Å²) in [6.07, 6.45) is 1.12. The van der Waals surface area contributed by atoms with E-state index in [0.717, 1.165) is 31.8 Å². The minimum Gasteiger partial charge on any atom is -0.447 e. The molecule has 5 rings (SSSR count). The maximum atomic E-state index is 12.9. The van der Waals surface area contributed by atoms with E-state index in [1.54, 1.807) is 6.08 Å². The fourth-order valence-electron chi connectivity index (χ4n) is 5.33. The summed E-state index contributed by atoms with van der Waals surface area (Å²) in [5.74, 6) is -3.99. The number of pyridine rings is 1. The van der Waals surface area contributed by atoms with Crippen LogP contribution in [0.15, 0.2) is 18.3 Å². The molecule has 1 amide bonds. The minimum atomic E-state index is -5.20. The number of nitrogens with one attached hydrogen (secondary N) is 3. The van der Waals surface area contributed by atoms with E-state index < -0.39 is 41.5 Å². The molecule has 1 unspecified atom stereocenters. The van der Waals surface area contributed by atoms with Crippen molar-refractivity contribution in [3.8, 4) is 0 Å². The number of piperidine rings is 1. The quantitative estimate of drug-likeness (QED) is 0.367. The number of primary amides is 1.